The van der Waals surface area contributed by atoms with Crippen LogP contribution in [0.3, 0.4) is 0 Å². The van der Waals surface area contributed by atoms with Gasteiger partial charge in [-0.3, -0.25) is 4.79 Å². The molecule has 0 aromatic heterocycles. The van der Waals surface area contributed by atoms with Crippen LogP contribution in [0.15, 0.2) is 48.5 Å². The van der Waals surface area contributed by atoms with Gasteiger partial charge in [-0.1, -0.05) is 45.2 Å². The van der Waals surface area contributed by atoms with Crippen LogP contribution >= 0.6 is 0 Å². The van der Waals surface area contributed by atoms with E-state index < -0.39 is 0 Å². The van der Waals surface area contributed by atoms with Gasteiger partial charge in [0.15, 0.2) is 5.78 Å². The number of carbonyl (C=O) groups excluding carboxylic acids is 1. The highest BCUT2D eigenvalue weighted by Gasteiger charge is 2.12. The maximum atomic E-state index is 11.7. The smallest absolute Gasteiger partial charge is 0.162 e. The molecule has 9 heteroatoms. The lowest BCUT2D eigenvalue weighted by atomic mass is 10.0. The summed E-state index contributed by atoms with van der Waals surface area (Å²) in [5.74, 6) is 2.08. The van der Waals surface area contributed by atoms with Crippen LogP contribution in [0.5, 0.6) is 11.5 Å². The Kier molecular flexibility index (Phi) is 26.2. The average Bonchev–Trinajstić information content (AvgIpc) is 3.16. The first-order chi connectivity index (χ1) is 25.7. The molecule has 0 aliphatic carbocycles. The van der Waals surface area contributed by atoms with Gasteiger partial charge >= 0.3 is 0 Å². The fourth-order valence-electron chi connectivity index (χ4n) is 6.62. The summed E-state index contributed by atoms with van der Waals surface area (Å²) in [6.07, 6.45) is 14.3. The molecule has 1 atom stereocenters. The number of piperidine rings is 2. The molecule has 1 unspecified atom stereocenters. The van der Waals surface area contributed by atoms with Gasteiger partial charge in [-0.2, -0.15) is 0 Å². The Morgan fingerprint density at radius 3 is 1.62 bits per heavy atom. The highest BCUT2D eigenvalue weighted by Crippen LogP contribution is 2.22. The number of benzene rings is 2. The van der Waals surface area contributed by atoms with Crippen molar-refractivity contribution in [3.63, 3.8) is 0 Å². The molecule has 2 saturated heterocycles. The number of hydrogen-bond acceptors (Lipinski definition) is 9. The van der Waals surface area contributed by atoms with Gasteiger partial charge in [0.25, 0.3) is 0 Å². The van der Waals surface area contributed by atoms with Crippen LogP contribution in [0, 0.1) is 0 Å². The summed E-state index contributed by atoms with van der Waals surface area (Å²) < 4.78 is 11.7. The molecule has 0 amide bonds. The lowest BCUT2D eigenvalue weighted by Crippen LogP contribution is -2.31. The maximum absolute atomic E-state index is 11.7. The quantitative estimate of drug-likeness (QED) is 0.0951. The molecule has 2 heterocycles. The number of likely N-dealkylation sites (tertiary alicyclic amines) is 2. The van der Waals surface area contributed by atoms with Gasteiger partial charge in [0.05, 0.1) is 13.2 Å². The van der Waals surface area contributed by atoms with Crippen molar-refractivity contribution in [2.45, 2.75) is 96.9 Å². The van der Waals surface area contributed by atoms with Crippen LogP contribution in [0.4, 0.5) is 0 Å². The van der Waals surface area contributed by atoms with E-state index in [0.717, 1.165) is 82.3 Å². The predicted octanol–water partition coefficient (Wildman–Crippen LogP) is 7.36. The monoisotopic (exact) mass is 739 g/mol. The van der Waals surface area contributed by atoms with Crippen LogP contribution < -0.4 is 20.5 Å². The summed E-state index contributed by atoms with van der Waals surface area (Å²) in [6.45, 7) is 17.0. The van der Waals surface area contributed by atoms with Crippen molar-refractivity contribution in [1.29, 1.82) is 0 Å². The number of hydrogen-bond donors (Lipinski definition) is 2. The van der Waals surface area contributed by atoms with Crippen molar-refractivity contribution in [2.24, 2.45) is 5.73 Å². The number of ketones is 1. The number of rotatable bonds is 22. The minimum atomic E-state index is 0.217. The van der Waals surface area contributed by atoms with Crippen LogP contribution in [0.1, 0.15) is 113 Å². The molecule has 2 fully saturated rings. The minimum Gasteiger partial charge on any atom is -0.494 e. The van der Waals surface area contributed by atoms with E-state index >= 15 is 0 Å². The maximum Gasteiger partial charge on any atom is 0.162 e. The third kappa shape index (κ3) is 22.4. The zero-order valence-corrected chi connectivity index (χ0v) is 34.8. The molecule has 2 aliphatic rings. The fraction of sp³-hybridized carbons (Fsp3) is 0.705. The molecule has 2 aromatic rings. The second-order valence-corrected chi connectivity index (χ2v) is 15.2. The van der Waals surface area contributed by atoms with Crippen molar-refractivity contribution in [1.82, 2.24) is 24.9 Å². The molecule has 4 rings (SSSR count). The van der Waals surface area contributed by atoms with Gasteiger partial charge < -0.3 is 40.1 Å². The summed E-state index contributed by atoms with van der Waals surface area (Å²) in [5, 5.41) is 3.69. The summed E-state index contributed by atoms with van der Waals surface area (Å²) in [7, 11) is 8.25. The van der Waals surface area contributed by atoms with Gasteiger partial charge in [-0.05, 0) is 148 Å². The van der Waals surface area contributed by atoms with Crippen molar-refractivity contribution in [3.05, 3.63) is 59.7 Å². The van der Waals surface area contributed by atoms with E-state index in [4.69, 9.17) is 15.2 Å². The van der Waals surface area contributed by atoms with Gasteiger partial charge in [0, 0.05) is 57.3 Å². The Bertz CT molecular complexity index is 1150. The lowest BCUT2D eigenvalue weighted by molar-refractivity contribution is 0.0981. The van der Waals surface area contributed by atoms with E-state index in [1.807, 2.05) is 45.3 Å². The van der Waals surface area contributed by atoms with Crippen LogP contribution in [0.25, 0.3) is 0 Å². The SMILES string of the molecule is CCCC(=O)c1ccc(OCCCN2CCCCC2)cc1.CCCC(NCCN(C)C)c1ccc(OCCCN2CCCCC2)cc1.CN(C)CCN. The number of likely N-dealkylation sites (N-methyl/N-ethyl adjacent to an activating group) is 2. The Hall–Kier alpha value is -2.53. The van der Waals surface area contributed by atoms with E-state index in [2.05, 4.69) is 70.2 Å². The van der Waals surface area contributed by atoms with Gasteiger partial charge in [0.1, 0.15) is 11.5 Å². The van der Waals surface area contributed by atoms with E-state index in [1.165, 1.54) is 89.7 Å². The zero-order chi connectivity index (χ0) is 38.5. The van der Waals surface area contributed by atoms with Crippen molar-refractivity contribution >= 4 is 5.78 Å². The van der Waals surface area contributed by atoms with Gasteiger partial charge in [-0.15, -0.1) is 0 Å². The van der Waals surface area contributed by atoms with E-state index in [-0.39, 0.29) is 5.78 Å². The Labute approximate surface area is 324 Å². The number of nitrogens with one attached hydrogen (secondary N) is 1. The van der Waals surface area contributed by atoms with Gasteiger partial charge in [-0.25, -0.2) is 0 Å². The van der Waals surface area contributed by atoms with Gasteiger partial charge in [0.2, 0.25) is 0 Å². The van der Waals surface area contributed by atoms with Crippen molar-refractivity contribution in [3.8, 4) is 11.5 Å². The van der Waals surface area contributed by atoms with Crippen molar-refractivity contribution < 1.29 is 14.3 Å². The van der Waals surface area contributed by atoms with Crippen molar-refractivity contribution in [2.75, 3.05) is 107 Å². The van der Waals surface area contributed by atoms with E-state index in [1.54, 1.807) is 0 Å². The summed E-state index contributed by atoms with van der Waals surface area (Å²) in [6, 6.07) is 16.7. The topological polar surface area (TPSA) is 86.5 Å². The number of ether oxygens (including phenoxy) is 2. The molecular weight excluding hydrogens is 661 g/mol. The normalized spacial score (nSPS) is 15.6. The molecule has 3 N–H and O–H groups in total. The third-order valence-electron chi connectivity index (χ3n) is 9.71. The molecule has 0 spiro atoms. The third-order valence-corrected chi connectivity index (χ3v) is 9.71. The number of carbonyl (C=O) groups is 1. The molecule has 9 nitrogen and oxygen atoms in total. The average molecular weight is 739 g/mol. The number of Topliss-reactive ketones (excluding diaryl/α,β-unsaturated/α-hetero) is 1. The molecular formula is C44H78N6O3. The largest absolute Gasteiger partial charge is 0.494 e. The standard InChI is InChI=1S/C22H39N3O.C18H27NO2.C4H12N2/c1-4-9-22(23-14-18-24(2)3)20-10-12-21(13-11-20)26-19-8-17-25-15-6-5-7-16-25;1-2-7-18(20)16-8-10-17(11-9-16)21-15-6-14-19-12-4-3-5-13-19;1-6(2)4-3-5/h10-13,22-23H,4-9,14-19H2,1-3H3;8-11H,2-7,12-15H2,1H3;3-5H2,1-2H3. The van der Waals surface area contributed by atoms with E-state index in [9.17, 15) is 4.79 Å². The molecule has 302 valence electrons. The Balaban J connectivity index is 0.000000323. The molecule has 0 bridgehead atoms. The zero-order valence-electron chi connectivity index (χ0n) is 34.8. The molecule has 0 radical (unpaired) electrons. The van der Waals surface area contributed by atoms with E-state index in [0.29, 0.717) is 12.5 Å². The van der Waals surface area contributed by atoms with Crippen LogP contribution in [-0.2, 0) is 0 Å². The summed E-state index contributed by atoms with van der Waals surface area (Å²) in [4.78, 5) is 21.1. The Morgan fingerprint density at radius 2 is 1.21 bits per heavy atom. The minimum absolute atomic E-state index is 0.217. The highest BCUT2D eigenvalue weighted by atomic mass is 16.5. The molecule has 2 aromatic carbocycles. The second kappa shape index (κ2) is 29.8. The number of nitrogens with two attached hydrogens (primary N) is 1. The Morgan fingerprint density at radius 1 is 0.717 bits per heavy atom. The first kappa shape index (κ1) is 46.6. The molecule has 0 saturated carbocycles. The lowest BCUT2D eigenvalue weighted by Gasteiger charge is -2.26. The molecule has 2 aliphatic heterocycles. The second-order valence-electron chi connectivity index (χ2n) is 15.2. The number of nitrogens with zero attached hydrogens (tertiary/aromatic N) is 4. The van der Waals surface area contributed by atoms with Crippen LogP contribution in [-0.4, -0.2) is 132 Å². The summed E-state index contributed by atoms with van der Waals surface area (Å²) in [5.41, 5.74) is 7.34. The van der Waals surface area contributed by atoms with Crippen LogP contribution in [0.2, 0.25) is 0 Å². The first-order valence-electron chi connectivity index (χ1n) is 20.9. The molecule has 53 heavy (non-hydrogen) atoms. The predicted molar refractivity (Wildman–Crippen MR) is 225 cm³/mol. The highest BCUT2D eigenvalue weighted by molar-refractivity contribution is 5.96. The summed E-state index contributed by atoms with van der Waals surface area (Å²) >= 11 is 0. The fourth-order valence-corrected chi connectivity index (χ4v) is 6.62. The first-order valence-corrected chi connectivity index (χ1v) is 20.9.